The van der Waals surface area contributed by atoms with E-state index in [1.807, 2.05) is 65.6 Å². The maximum Gasteiger partial charge on any atom is 0.0726 e. The third-order valence-corrected chi connectivity index (χ3v) is 10.4. The first-order valence-corrected chi connectivity index (χ1v) is 17.0. The second-order valence-electron chi connectivity index (χ2n) is 13.0. The molecule has 0 radical (unpaired) electrons. The first-order valence-electron chi connectivity index (χ1n) is 19.0. The van der Waals surface area contributed by atoms with Crippen LogP contribution in [-0.2, 0) is 5.41 Å². The van der Waals surface area contributed by atoms with Crippen molar-refractivity contribution in [3.05, 3.63) is 222 Å². The highest BCUT2D eigenvalue weighted by Gasteiger charge is 2.51. The number of hydrogen-bond acceptors (Lipinski definition) is 1. The van der Waals surface area contributed by atoms with Crippen LogP contribution in [0, 0.1) is 0 Å². The van der Waals surface area contributed by atoms with Crippen LogP contribution >= 0.6 is 0 Å². The lowest BCUT2D eigenvalue weighted by molar-refractivity contribution is 0.793. The Labute approximate surface area is 299 Å². The molecule has 1 nitrogen and oxygen atoms in total. The summed E-state index contributed by atoms with van der Waals surface area (Å²) in [6, 6.07) is 59.7. The maximum absolute atomic E-state index is 9.51. The third kappa shape index (κ3) is 4.20. The van der Waals surface area contributed by atoms with Crippen molar-refractivity contribution in [1.82, 2.24) is 0 Å². The van der Waals surface area contributed by atoms with Gasteiger partial charge in [0.2, 0.25) is 0 Å². The van der Waals surface area contributed by atoms with Crippen molar-refractivity contribution < 1.29 is 5.48 Å². The molecular weight excluding hydrogens is 603 g/mol. The second-order valence-corrected chi connectivity index (χ2v) is 13.0. The molecule has 2 aliphatic carbocycles. The summed E-state index contributed by atoms with van der Waals surface area (Å²) in [6.07, 6.45) is 0. The van der Waals surface area contributed by atoms with Crippen molar-refractivity contribution in [2.75, 3.05) is 4.90 Å². The van der Waals surface area contributed by atoms with Gasteiger partial charge in [-0.25, -0.2) is 0 Å². The zero-order chi connectivity index (χ0) is 36.6. The van der Waals surface area contributed by atoms with Gasteiger partial charge >= 0.3 is 0 Å². The highest BCUT2D eigenvalue weighted by atomic mass is 15.1. The summed E-state index contributed by atoms with van der Waals surface area (Å²) in [4.78, 5) is 1.91. The molecule has 0 saturated heterocycles. The lowest BCUT2D eigenvalue weighted by Crippen LogP contribution is -2.26. The molecule has 0 fully saturated rings. The van der Waals surface area contributed by atoms with Crippen LogP contribution in [0.3, 0.4) is 0 Å². The molecule has 0 bridgehead atoms. The van der Waals surface area contributed by atoms with Crippen LogP contribution < -0.4 is 4.90 Å². The Bertz CT molecular complexity index is 2670. The SMILES string of the molecule is [2H]c1c([2H])c(N(c2ccc(-c3ccccc3)cc2)c2ccc3c(c2)C2(c4ccccc4-c4ccccc42)c2ccccc2-3)c([2H])c([2H])c1-c1ccccc1. The van der Waals surface area contributed by atoms with Gasteiger partial charge in [0.1, 0.15) is 0 Å². The Morgan fingerprint density at radius 1 is 0.320 bits per heavy atom. The molecule has 1 heteroatoms. The van der Waals surface area contributed by atoms with Gasteiger partial charge in [0, 0.05) is 17.1 Å². The number of hydrogen-bond donors (Lipinski definition) is 0. The van der Waals surface area contributed by atoms with Gasteiger partial charge in [-0.05, 0) is 103 Å². The molecule has 0 amide bonds. The molecule has 0 heterocycles. The number of benzene rings is 8. The molecule has 2 aliphatic rings. The number of rotatable bonds is 5. The van der Waals surface area contributed by atoms with E-state index in [0.29, 0.717) is 5.56 Å². The van der Waals surface area contributed by atoms with Gasteiger partial charge in [-0.1, -0.05) is 164 Å². The zero-order valence-electron chi connectivity index (χ0n) is 31.2. The molecule has 234 valence electrons. The molecule has 0 aliphatic heterocycles. The Hall–Kier alpha value is -6.44. The molecule has 0 atom stereocenters. The lowest BCUT2D eigenvalue weighted by Gasteiger charge is -2.32. The van der Waals surface area contributed by atoms with Crippen molar-refractivity contribution in [3.63, 3.8) is 0 Å². The molecule has 0 saturated carbocycles. The van der Waals surface area contributed by atoms with Crippen LogP contribution in [0.25, 0.3) is 44.5 Å². The van der Waals surface area contributed by atoms with E-state index in [-0.39, 0.29) is 35.4 Å². The van der Waals surface area contributed by atoms with E-state index in [2.05, 4.69) is 115 Å². The van der Waals surface area contributed by atoms with Crippen molar-refractivity contribution in [3.8, 4) is 44.5 Å². The van der Waals surface area contributed by atoms with Gasteiger partial charge in [-0.2, -0.15) is 0 Å². The van der Waals surface area contributed by atoms with E-state index in [4.69, 9.17) is 0 Å². The van der Waals surface area contributed by atoms with E-state index >= 15 is 0 Å². The fraction of sp³-hybridized carbons (Fsp3) is 0.0204. The Balaban J connectivity index is 1.25. The number of anilines is 3. The molecule has 0 N–H and O–H groups in total. The summed E-state index contributed by atoms with van der Waals surface area (Å²) >= 11 is 0. The van der Waals surface area contributed by atoms with E-state index in [0.717, 1.165) is 33.6 Å². The molecule has 8 aromatic rings. The first-order chi connectivity index (χ1) is 26.5. The highest BCUT2D eigenvalue weighted by Crippen LogP contribution is 2.63. The zero-order valence-corrected chi connectivity index (χ0v) is 27.2. The van der Waals surface area contributed by atoms with Crippen LogP contribution in [-0.4, -0.2) is 0 Å². The quantitative estimate of drug-likeness (QED) is 0.181. The summed E-state index contributed by atoms with van der Waals surface area (Å²) in [5, 5.41) is 0. The van der Waals surface area contributed by atoms with E-state index in [1.165, 1.54) is 33.4 Å². The summed E-state index contributed by atoms with van der Waals surface area (Å²) < 4.78 is 37.5. The fourth-order valence-corrected chi connectivity index (χ4v) is 8.23. The smallest absolute Gasteiger partial charge is 0.0726 e. The molecule has 1 spiro atoms. The molecular formula is C49H33N. The predicted molar refractivity (Wildman–Crippen MR) is 208 cm³/mol. The summed E-state index contributed by atoms with van der Waals surface area (Å²) in [5.41, 5.74) is 13.7. The average Bonchev–Trinajstić information content (AvgIpc) is 3.70. The van der Waals surface area contributed by atoms with Crippen molar-refractivity contribution in [2.24, 2.45) is 0 Å². The largest absolute Gasteiger partial charge is 0.310 e. The normalized spacial score (nSPS) is 14.1. The van der Waals surface area contributed by atoms with Gasteiger partial charge in [-0.15, -0.1) is 0 Å². The van der Waals surface area contributed by atoms with Crippen LogP contribution in [0.4, 0.5) is 17.1 Å². The van der Waals surface area contributed by atoms with Crippen LogP contribution in [0.1, 0.15) is 27.7 Å². The Kier molecular flexibility index (Phi) is 5.59. The van der Waals surface area contributed by atoms with Gasteiger partial charge < -0.3 is 4.90 Å². The maximum atomic E-state index is 9.51. The van der Waals surface area contributed by atoms with Gasteiger partial charge in [0.25, 0.3) is 0 Å². The van der Waals surface area contributed by atoms with E-state index in [9.17, 15) is 5.48 Å². The number of fused-ring (bicyclic) bond motifs is 10. The minimum Gasteiger partial charge on any atom is -0.310 e. The Morgan fingerprint density at radius 3 is 1.28 bits per heavy atom. The van der Waals surface area contributed by atoms with Gasteiger partial charge in [0.15, 0.2) is 0 Å². The van der Waals surface area contributed by atoms with Crippen molar-refractivity contribution in [2.45, 2.75) is 5.41 Å². The fourth-order valence-electron chi connectivity index (χ4n) is 8.23. The van der Waals surface area contributed by atoms with Crippen molar-refractivity contribution >= 4 is 17.1 Å². The van der Waals surface area contributed by atoms with Gasteiger partial charge in [-0.3, -0.25) is 0 Å². The standard InChI is InChI=1S/C49H33N/c1-3-13-34(14-4-1)36-23-27-38(28-24-36)50(39-29-25-37(26-30-39)35-15-5-2-6-16-35)40-31-32-44-43-19-9-12-22-47(43)49(48(44)33-40)45-20-10-7-17-41(45)42-18-8-11-21-46(42)49/h1-33H/i23D,24D,27D,28D. The summed E-state index contributed by atoms with van der Waals surface area (Å²) in [5.74, 6) is 0. The third-order valence-electron chi connectivity index (χ3n) is 10.4. The predicted octanol–water partition coefficient (Wildman–Crippen LogP) is 12.8. The van der Waals surface area contributed by atoms with E-state index < -0.39 is 5.41 Å². The number of nitrogens with zero attached hydrogens (tertiary/aromatic N) is 1. The molecule has 10 rings (SSSR count). The molecule has 0 unspecified atom stereocenters. The molecule has 8 aromatic carbocycles. The second kappa shape index (κ2) is 11.3. The lowest BCUT2D eigenvalue weighted by atomic mass is 9.70. The van der Waals surface area contributed by atoms with Crippen molar-refractivity contribution in [1.29, 1.82) is 0 Å². The van der Waals surface area contributed by atoms with E-state index in [1.54, 1.807) is 0 Å². The van der Waals surface area contributed by atoms with Gasteiger partial charge in [0.05, 0.1) is 10.9 Å². The topological polar surface area (TPSA) is 3.24 Å². The van der Waals surface area contributed by atoms with Crippen LogP contribution in [0.2, 0.25) is 0 Å². The minimum absolute atomic E-state index is 0.0770. The van der Waals surface area contributed by atoms with Crippen LogP contribution in [0.15, 0.2) is 200 Å². The summed E-state index contributed by atoms with van der Waals surface area (Å²) in [7, 11) is 0. The van der Waals surface area contributed by atoms with Crippen LogP contribution in [0.5, 0.6) is 0 Å². The average molecular weight is 640 g/mol. The summed E-state index contributed by atoms with van der Waals surface area (Å²) in [6.45, 7) is 0. The molecule has 50 heavy (non-hydrogen) atoms. The first kappa shape index (κ1) is 24.7. The minimum atomic E-state index is -0.579. The Morgan fingerprint density at radius 2 is 0.740 bits per heavy atom. The monoisotopic (exact) mass is 639 g/mol. The molecule has 0 aromatic heterocycles. The highest BCUT2D eigenvalue weighted by molar-refractivity contribution is 5.96.